The van der Waals surface area contributed by atoms with Crippen molar-refractivity contribution in [2.75, 3.05) is 16.8 Å². The van der Waals surface area contributed by atoms with Gasteiger partial charge in [0.2, 0.25) is 0 Å². The third-order valence-electron chi connectivity index (χ3n) is 3.21. The van der Waals surface area contributed by atoms with Crippen LogP contribution < -0.4 is 10.9 Å². The molecule has 0 spiro atoms. The normalized spacial score (nSPS) is 15.4. The molecule has 0 atom stereocenters. The van der Waals surface area contributed by atoms with Crippen LogP contribution in [0.4, 0.5) is 5.69 Å². The Morgan fingerprint density at radius 1 is 1.56 bits per heavy atom. The largest absolute Gasteiger partial charge is 0.381 e. The number of nitrogens with zero attached hydrogens (tertiary/aromatic N) is 2. The van der Waals surface area contributed by atoms with E-state index in [4.69, 9.17) is 0 Å². The highest BCUT2D eigenvalue weighted by molar-refractivity contribution is 7.99. The van der Waals surface area contributed by atoms with E-state index in [9.17, 15) is 4.79 Å². The van der Waals surface area contributed by atoms with Crippen LogP contribution in [0.5, 0.6) is 0 Å². The third-order valence-corrected chi connectivity index (χ3v) is 4.19. The minimum absolute atomic E-state index is 0.000761. The number of hydrogen-bond donors (Lipinski definition) is 1. The van der Waals surface area contributed by atoms with E-state index in [0.29, 0.717) is 6.04 Å². The van der Waals surface area contributed by atoms with Crippen LogP contribution in [0, 0.1) is 0 Å². The number of thioether (sulfide) groups is 1. The summed E-state index contributed by atoms with van der Waals surface area (Å²) in [6.45, 7) is 2.87. The third kappa shape index (κ3) is 3.77. The zero-order chi connectivity index (χ0) is 12.8. The fraction of sp³-hybridized carbons (Fsp3) is 0.692. The first kappa shape index (κ1) is 13.5. The van der Waals surface area contributed by atoms with E-state index in [2.05, 4.69) is 17.3 Å². The Labute approximate surface area is 112 Å². The summed E-state index contributed by atoms with van der Waals surface area (Å²) in [4.78, 5) is 11.8. The Bertz CT molecular complexity index is 428. The fourth-order valence-corrected chi connectivity index (χ4v) is 2.55. The number of nitrogens with one attached hydrogen (secondary N) is 1. The molecule has 18 heavy (non-hydrogen) atoms. The van der Waals surface area contributed by atoms with Gasteiger partial charge in [-0.2, -0.15) is 16.9 Å². The lowest BCUT2D eigenvalue weighted by Crippen LogP contribution is -2.29. The van der Waals surface area contributed by atoms with Crippen molar-refractivity contribution in [1.29, 1.82) is 0 Å². The maximum atomic E-state index is 11.8. The minimum Gasteiger partial charge on any atom is -0.381 e. The molecule has 100 valence electrons. The molecule has 1 N–H and O–H groups in total. The van der Waals surface area contributed by atoms with Crippen LogP contribution in [-0.2, 0) is 6.54 Å². The lowest BCUT2D eigenvalue weighted by Gasteiger charge is -2.27. The molecule has 1 aromatic rings. The van der Waals surface area contributed by atoms with Gasteiger partial charge in [0.15, 0.2) is 0 Å². The van der Waals surface area contributed by atoms with E-state index >= 15 is 0 Å². The van der Waals surface area contributed by atoms with Crippen LogP contribution in [0.25, 0.3) is 0 Å². The van der Waals surface area contributed by atoms with Crippen LogP contribution in [0.2, 0.25) is 0 Å². The standard InChI is InChI=1S/C13H21N3OS/c1-2-18-8-4-7-16-13(17)9-12(10-14-16)15-11-5-3-6-11/h9-11,15H,2-8H2,1H3. The van der Waals surface area contributed by atoms with Crippen molar-refractivity contribution in [2.24, 2.45) is 0 Å². The monoisotopic (exact) mass is 267 g/mol. The summed E-state index contributed by atoms with van der Waals surface area (Å²) in [6, 6.07) is 2.21. The molecule has 0 unspecified atom stereocenters. The summed E-state index contributed by atoms with van der Waals surface area (Å²) >= 11 is 1.90. The molecule has 0 saturated heterocycles. The number of aromatic nitrogens is 2. The van der Waals surface area contributed by atoms with Crippen molar-refractivity contribution in [2.45, 2.75) is 45.2 Å². The molecule has 1 fully saturated rings. The number of rotatable bonds is 7. The Balaban J connectivity index is 1.86. The zero-order valence-corrected chi connectivity index (χ0v) is 11.7. The predicted octanol–water partition coefficient (Wildman–Crippen LogP) is 2.35. The Morgan fingerprint density at radius 3 is 3.00 bits per heavy atom. The van der Waals surface area contributed by atoms with Gasteiger partial charge in [-0.15, -0.1) is 0 Å². The van der Waals surface area contributed by atoms with Gasteiger partial charge in [0, 0.05) is 18.7 Å². The molecule has 1 aliphatic rings. The van der Waals surface area contributed by atoms with Gasteiger partial charge in [-0.25, -0.2) is 4.68 Å². The van der Waals surface area contributed by atoms with Gasteiger partial charge in [-0.05, 0) is 37.2 Å². The van der Waals surface area contributed by atoms with E-state index in [0.717, 1.165) is 30.2 Å². The van der Waals surface area contributed by atoms with Crippen molar-refractivity contribution in [1.82, 2.24) is 9.78 Å². The summed E-state index contributed by atoms with van der Waals surface area (Å²) in [5.74, 6) is 2.22. The molecule has 0 radical (unpaired) electrons. The molecule has 1 saturated carbocycles. The average molecular weight is 267 g/mol. The van der Waals surface area contributed by atoms with E-state index in [-0.39, 0.29) is 5.56 Å². The molecular formula is C13H21N3OS. The summed E-state index contributed by atoms with van der Waals surface area (Å²) in [5, 5.41) is 7.56. The Kier molecular flexibility index (Phi) is 5.11. The van der Waals surface area contributed by atoms with Crippen LogP contribution in [0.15, 0.2) is 17.1 Å². The van der Waals surface area contributed by atoms with E-state index < -0.39 is 0 Å². The molecule has 4 nitrogen and oxygen atoms in total. The van der Waals surface area contributed by atoms with Crippen LogP contribution in [0.1, 0.15) is 32.6 Å². The second-order valence-corrected chi connectivity index (χ2v) is 6.02. The highest BCUT2D eigenvalue weighted by Crippen LogP contribution is 2.21. The number of hydrogen-bond acceptors (Lipinski definition) is 4. The van der Waals surface area contributed by atoms with Crippen molar-refractivity contribution >= 4 is 17.4 Å². The summed E-state index contributed by atoms with van der Waals surface area (Å²) in [5.41, 5.74) is 0.865. The highest BCUT2D eigenvalue weighted by Gasteiger charge is 2.17. The first-order valence-electron chi connectivity index (χ1n) is 6.71. The molecule has 1 aromatic heterocycles. The van der Waals surface area contributed by atoms with Gasteiger partial charge >= 0.3 is 0 Å². The lowest BCUT2D eigenvalue weighted by atomic mass is 9.93. The molecule has 2 rings (SSSR count). The highest BCUT2D eigenvalue weighted by atomic mass is 32.2. The van der Waals surface area contributed by atoms with E-state index in [1.54, 1.807) is 16.9 Å². The second kappa shape index (κ2) is 6.83. The average Bonchev–Trinajstić information content (AvgIpc) is 2.31. The van der Waals surface area contributed by atoms with Crippen LogP contribution in [0.3, 0.4) is 0 Å². The fourth-order valence-electron chi connectivity index (χ4n) is 1.93. The van der Waals surface area contributed by atoms with Gasteiger partial charge in [0.1, 0.15) is 0 Å². The first-order valence-corrected chi connectivity index (χ1v) is 7.86. The Morgan fingerprint density at radius 2 is 2.39 bits per heavy atom. The molecule has 0 aromatic carbocycles. The van der Waals surface area contributed by atoms with Crippen LogP contribution >= 0.6 is 11.8 Å². The van der Waals surface area contributed by atoms with Gasteiger partial charge in [-0.1, -0.05) is 6.92 Å². The summed E-state index contributed by atoms with van der Waals surface area (Å²) in [6.07, 6.45) is 6.47. The minimum atomic E-state index is 0.000761. The smallest absolute Gasteiger partial charge is 0.268 e. The van der Waals surface area contributed by atoms with Gasteiger partial charge < -0.3 is 5.32 Å². The van der Waals surface area contributed by atoms with Crippen molar-refractivity contribution in [3.05, 3.63) is 22.6 Å². The van der Waals surface area contributed by atoms with E-state index in [1.165, 1.54) is 19.3 Å². The van der Waals surface area contributed by atoms with Crippen molar-refractivity contribution in [3.8, 4) is 0 Å². The van der Waals surface area contributed by atoms with Crippen molar-refractivity contribution < 1.29 is 0 Å². The number of aryl methyl sites for hydroxylation is 1. The van der Waals surface area contributed by atoms with Gasteiger partial charge in [-0.3, -0.25) is 4.79 Å². The van der Waals surface area contributed by atoms with Gasteiger partial charge in [0.25, 0.3) is 5.56 Å². The molecule has 1 aliphatic carbocycles. The first-order chi connectivity index (χ1) is 8.79. The van der Waals surface area contributed by atoms with E-state index in [1.807, 2.05) is 11.8 Å². The molecule has 0 amide bonds. The quantitative estimate of drug-likeness (QED) is 0.770. The summed E-state index contributed by atoms with van der Waals surface area (Å²) < 4.78 is 1.56. The molecule has 0 aliphatic heterocycles. The maximum absolute atomic E-state index is 11.8. The van der Waals surface area contributed by atoms with Crippen LogP contribution in [-0.4, -0.2) is 27.3 Å². The second-order valence-electron chi connectivity index (χ2n) is 4.63. The maximum Gasteiger partial charge on any atom is 0.268 e. The van der Waals surface area contributed by atoms with Gasteiger partial charge in [0.05, 0.1) is 11.9 Å². The molecule has 0 bridgehead atoms. The number of anilines is 1. The Hall–Kier alpha value is -0.970. The molecule has 1 heterocycles. The molecular weight excluding hydrogens is 246 g/mol. The SMILES string of the molecule is CCSCCCn1ncc(NC2CCC2)cc1=O. The topological polar surface area (TPSA) is 46.9 Å². The lowest BCUT2D eigenvalue weighted by molar-refractivity contribution is 0.445. The molecule has 5 heteroatoms. The van der Waals surface area contributed by atoms with Crippen molar-refractivity contribution in [3.63, 3.8) is 0 Å². The zero-order valence-electron chi connectivity index (χ0n) is 10.9. The summed E-state index contributed by atoms with van der Waals surface area (Å²) in [7, 11) is 0. The predicted molar refractivity (Wildman–Crippen MR) is 77.4 cm³/mol.